The van der Waals surface area contributed by atoms with Crippen molar-refractivity contribution < 1.29 is 9.53 Å². The number of ether oxygens (including phenoxy) is 1. The fourth-order valence-corrected chi connectivity index (χ4v) is 4.94. The van der Waals surface area contributed by atoms with Gasteiger partial charge in [0.15, 0.2) is 5.82 Å². The van der Waals surface area contributed by atoms with Crippen molar-refractivity contribution in [2.45, 2.75) is 57.4 Å². The Bertz CT molecular complexity index is 837. The van der Waals surface area contributed by atoms with Crippen molar-refractivity contribution in [3.05, 3.63) is 41.9 Å². The molecule has 1 N–H and O–H groups in total. The highest BCUT2D eigenvalue weighted by Crippen LogP contribution is 2.34. The van der Waals surface area contributed by atoms with Crippen molar-refractivity contribution in [1.29, 1.82) is 0 Å². The zero-order valence-electron chi connectivity index (χ0n) is 18.1. The lowest BCUT2D eigenvalue weighted by Gasteiger charge is -2.48. The third-order valence-corrected chi connectivity index (χ3v) is 6.51. The quantitative estimate of drug-likeness (QED) is 0.791. The van der Waals surface area contributed by atoms with Gasteiger partial charge in [0.1, 0.15) is 0 Å². The standard InChI is InChI=1S/C23H33N5O2/c1-18(2)21-19(16-26-28(21)20-8-4-7-11-24-20)22(29)25-17-23(9-5-3-6-10-23)27-12-14-30-15-13-27/h4,7-8,11,16,18H,3,5-6,9-10,12-15,17H2,1-2H3,(H,25,29). The van der Waals surface area contributed by atoms with Gasteiger partial charge >= 0.3 is 0 Å². The van der Waals surface area contributed by atoms with Crippen molar-refractivity contribution in [1.82, 2.24) is 25.0 Å². The lowest BCUT2D eigenvalue weighted by molar-refractivity contribution is -0.0361. The first-order valence-electron chi connectivity index (χ1n) is 11.2. The van der Waals surface area contributed by atoms with Gasteiger partial charge in [0.2, 0.25) is 0 Å². The van der Waals surface area contributed by atoms with Crippen LogP contribution in [0.25, 0.3) is 5.82 Å². The minimum absolute atomic E-state index is 0.0425. The molecule has 2 aromatic rings. The van der Waals surface area contributed by atoms with Gasteiger partial charge in [0, 0.05) is 31.4 Å². The van der Waals surface area contributed by atoms with Crippen LogP contribution in [-0.2, 0) is 4.74 Å². The second-order valence-corrected chi connectivity index (χ2v) is 8.77. The highest BCUT2D eigenvalue weighted by molar-refractivity contribution is 5.95. The smallest absolute Gasteiger partial charge is 0.254 e. The van der Waals surface area contributed by atoms with Gasteiger partial charge in [-0.3, -0.25) is 9.69 Å². The van der Waals surface area contributed by atoms with E-state index in [9.17, 15) is 4.79 Å². The van der Waals surface area contributed by atoms with Crippen molar-refractivity contribution >= 4 is 5.91 Å². The molecule has 3 heterocycles. The summed E-state index contributed by atoms with van der Waals surface area (Å²) in [4.78, 5) is 20.2. The van der Waals surface area contributed by atoms with Crippen LogP contribution in [0.5, 0.6) is 0 Å². The van der Waals surface area contributed by atoms with E-state index in [0.29, 0.717) is 12.1 Å². The number of nitrogens with zero attached hydrogens (tertiary/aromatic N) is 4. The molecule has 1 saturated heterocycles. The highest BCUT2D eigenvalue weighted by atomic mass is 16.5. The summed E-state index contributed by atoms with van der Waals surface area (Å²) in [7, 11) is 0. The van der Waals surface area contributed by atoms with Crippen molar-refractivity contribution in [3.8, 4) is 5.82 Å². The number of aromatic nitrogens is 3. The first-order chi connectivity index (χ1) is 14.6. The third-order valence-electron chi connectivity index (χ3n) is 6.51. The summed E-state index contributed by atoms with van der Waals surface area (Å²) >= 11 is 0. The van der Waals surface area contributed by atoms with Gasteiger partial charge in [-0.2, -0.15) is 5.10 Å². The number of hydrogen-bond donors (Lipinski definition) is 1. The topological polar surface area (TPSA) is 72.3 Å². The molecule has 2 aromatic heterocycles. The molecule has 2 aliphatic rings. The summed E-state index contributed by atoms with van der Waals surface area (Å²) in [6, 6.07) is 5.73. The fourth-order valence-electron chi connectivity index (χ4n) is 4.94. The molecule has 162 valence electrons. The Kier molecular flexibility index (Phi) is 6.49. The van der Waals surface area contributed by atoms with E-state index in [1.54, 1.807) is 17.1 Å². The molecule has 30 heavy (non-hydrogen) atoms. The monoisotopic (exact) mass is 411 g/mol. The Hall–Kier alpha value is -2.25. The summed E-state index contributed by atoms with van der Waals surface area (Å²) in [5, 5.41) is 7.77. The second-order valence-electron chi connectivity index (χ2n) is 8.77. The van der Waals surface area contributed by atoms with Gasteiger partial charge in [-0.15, -0.1) is 0 Å². The molecular weight excluding hydrogens is 378 g/mol. The molecule has 1 aliphatic carbocycles. The van der Waals surface area contributed by atoms with Crippen LogP contribution in [0, 0.1) is 0 Å². The van der Waals surface area contributed by atoms with Crippen LogP contribution in [0.1, 0.15) is 67.9 Å². The molecule has 1 saturated carbocycles. The van der Waals surface area contributed by atoms with E-state index in [2.05, 4.69) is 34.1 Å². The molecule has 0 bridgehead atoms. The number of carbonyl (C=O) groups is 1. The van der Waals surface area contributed by atoms with Gasteiger partial charge in [-0.05, 0) is 30.9 Å². The van der Waals surface area contributed by atoms with E-state index >= 15 is 0 Å². The maximum absolute atomic E-state index is 13.3. The molecule has 0 aromatic carbocycles. The summed E-state index contributed by atoms with van der Waals surface area (Å²) in [5.41, 5.74) is 1.59. The molecule has 2 fully saturated rings. The number of pyridine rings is 1. The highest BCUT2D eigenvalue weighted by Gasteiger charge is 2.39. The zero-order valence-corrected chi connectivity index (χ0v) is 18.1. The minimum Gasteiger partial charge on any atom is -0.379 e. The first kappa shape index (κ1) is 21.0. The average Bonchev–Trinajstić information content (AvgIpc) is 3.25. The SMILES string of the molecule is CC(C)c1c(C(=O)NCC2(N3CCOCC3)CCCCC2)cnn1-c1ccccn1. The zero-order chi connectivity index (χ0) is 21.0. The van der Waals surface area contributed by atoms with Crippen LogP contribution in [0.15, 0.2) is 30.6 Å². The molecule has 0 unspecified atom stereocenters. The summed E-state index contributed by atoms with van der Waals surface area (Å²) in [6.45, 7) is 8.31. The maximum atomic E-state index is 13.3. The Balaban J connectivity index is 1.54. The maximum Gasteiger partial charge on any atom is 0.254 e. The second kappa shape index (κ2) is 9.27. The number of morpholine rings is 1. The van der Waals surface area contributed by atoms with Crippen molar-refractivity contribution in [2.75, 3.05) is 32.8 Å². The lowest BCUT2D eigenvalue weighted by Crippen LogP contribution is -2.59. The Morgan fingerprint density at radius 3 is 2.63 bits per heavy atom. The molecule has 0 radical (unpaired) electrons. The summed E-state index contributed by atoms with van der Waals surface area (Å²) in [5.74, 6) is 0.842. The van der Waals surface area contributed by atoms with Crippen LogP contribution >= 0.6 is 0 Å². The Morgan fingerprint density at radius 2 is 1.97 bits per heavy atom. The molecule has 1 aliphatic heterocycles. The van der Waals surface area contributed by atoms with Crippen LogP contribution in [0.4, 0.5) is 0 Å². The minimum atomic E-state index is -0.0425. The predicted octanol–water partition coefficient (Wildman–Crippen LogP) is 3.16. The van der Waals surface area contributed by atoms with Gasteiger partial charge in [0.05, 0.1) is 30.7 Å². The van der Waals surface area contributed by atoms with E-state index in [-0.39, 0.29) is 17.4 Å². The molecule has 0 spiro atoms. The van der Waals surface area contributed by atoms with Gasteiger partial charge < -0.3 is 10.1 Å². The number of nitrogens with one attached hydrogen (secondary N) is 1. The van der Waals surface area contributed by atoms with Gasteiger partial charge in [0.25, 0.3) is 5.91 Å². The van der Waals surface area contributed by atoms with Crippen LogP contribution in [-0.4, -0.2) is 64.0 Å². The Morgan fingerprint density at radius 1 is 1.20 bits per heavy atom. The lowest BCUT2D eigenvalue weighted by atomic mass is 9.79. The van der Waals surface area contributed by atoms with Gasteiger partial charge in [-0.25, -0.2) is 9.67 Å². The van der Waals surface area contributed by atoms with Gasteiger partial charge in [-0.1, -0.05) is 39.2 Å². The van der Waals surface area contributed by atoms with E-state index in [1.165, 1.54) is 19.3 Å². The van der Waals surface area contributed by atoms with Crippen molar-refractivity contribution in [3.63, 3.8) is 0 Å². The molecule has 7 nitrogen and oxygen atoms in total. The van der Waals surface area contributed by atoms with E-state index in [4.69, 9.17) is 4.74 Å². The van der Waals surface area contributed by atoms with Crippen LogP contribution in [0.2, 0.25) is 0 Å². The number of amides is 1. The average molecular weight is 412 g/mol. The van der Waals surface area contributed by atoms with E-state index in [1.807, 2.05) is 18.2 Å². The van der Waals surface area contributed by atoms with Crippen LogP contribution < -0.4 is 5.32 Å². The van der Waals surface area contributed by atoms with E-state index in [0.717, 1.165) is 50.7 Å². The summed E-state index contributed by atoms with van der Waals surface area (Å²) in [6.07, 6.45) is 9.44. The normalized spacial score (nSPS) is 19.7. The molecule has 0 atom stereocenters. The number of rotatable bonds is 6. The molecular formula is C23H33N5O2. The largest absolute Gasteiger partial charge is 0.379 e. The molecule has 4 rings (SSSR count). The number of hydrogen-bond acceptors (Lipinski definition) is 5. The van der Waals surface area contributed by atoms with Crippen LogP contribution in [0.3, 0.4) is 0 Å². The summed E-state index contributed by atoms with van der Waals surface area (Å²) < 4.78 is 7.36. The predicted molar refractivity (Wildman–Crippen MR) is 116 cm³/mol. The first-order valence-corrected chi connectivity index (χ1v) is 11.2. The molecule has 1 amide bonds. The third kappa shape index (κ3) is 4.27. The fraction of sp³-hybridized carbons (Fsp3) is 0.609. The van der Waals surface area contributed by atoms with Crippen molar-refractivity contribution in [2.24, 2.45) is 0 Å². The van der Waals surface area contributed by atoms with E-state index < -0.39 is 0 Å². The number of carbonyl (C=O) groups excluding carboxylic acids is 1. The Labute approximate surface area is 178 Å². The molecule has 7 heteroatoms.